The standard InChI is InChI=1S/C17H27N3O4S.ClH/c1-12(18)14-7-3-4-10-20(14)17(21)15-11-16(13(2)24-15)25(22,23)19-8-5-6-9-19;/h11-12,14H,3-10,18H2,1-2H3;1H. The third-order valence-electron chi connectivity index (χ3n) is 5.18. The van der Waals surface area contributed by atoms with Gasteiger partial charge in [-0.1, -0.05) is 0 Å². The lowest BCUT2D eigenvalue weighted by Crippen LogP contribution is -2.51. The van der Waals surface area contributed by atoms with Crippen LogP contribution in [0.2, 0.25) is 0 Å². The van der Waals surface area contributed by atoms with Crippen molar-refractivity contribution in [3.05, 3.63) is 17.6 Å². The van der Waals surface area contributed by atoms with Crippen LogP contribution >= 0.6 is 12.4 Å². The average Bonchev–Trinajstić information content (AvgIpc) is 3.24. The molecule has 0 bridgehead atoms. The number of nitrogens with two attached hydrogens (primary N) is 1. The molecule has 1 aromatic heterocycles. The minimum Gasteiger partial charge on any atom is -0.455 e. The first kappa shape index (κ1) is 21.2. The van der Waals surface area contributed by atoms with Crippen molar-refractivity contribution in [2.45, 2.75) is 62.9 Å². The van der Waals surface area contributed by atoms with Gasteiger partial charge in [0.2, 0.25) is 10.0 Å². The van der Waals surface area contributed by atoms with E-state index in [0.717, 1.165) is 32.1 Å². The summed E-state index contributed by atoms with van der Waals surface area (Å²) >= 11 is 0. The summed E-state index contributed by atoms with van der Waals surface area (Å²) in [6.45, 7) is 5.16. The molecule has 2 atom stereocenters. The van der Waals surface area contributed by atoms with E-state index in [1.807, 2.05) is 6.92 Å². The second-order valence-corrected chi connectivity index (χ2v) is 8.97. The fraction of sp³-hybridized carbons (Fsp3) is 0.706. The van der Waals surface area contributed by atoms with E-state index < -0.39 is 10.0 Å². The van der Waals surface area contributed by atoms with Gasteiger partial charge in [0.1, 0.15) is 10.7 Å². The number of sulfonamides is 1. The smallest absolute Gasteiger partial charge is 0.289 e. The van der Waals surface area contributed by atoms with Gasteiger partial charge in [-0.2, -0.15) is 4.31 Å². The highest BCUT2D eigenvalue weighted by Crippen LogP contribution is 2.28. The molecular weight excluding hydrogens is 378 g/mol. The fourth-order valence-electron chi connectivity index (χ4n) is 3.79. The Hall–Kier alpha value is -1.09. The molecule has 0 radical (unpaired) electrons. The van der Waals surface area contributed by atoms with Crippen LogP contribution < -0.4 is 5.73 Å². The minimum absolute atomic E-state index is 0. The van der Waals surface area contributed by atoms with Gasteiger partial charge in [0.15, 0.2) is 5.76 Å². The molecule has 3 heterocycles. The summed E-state index contributed by atoms with van der Waals surface area (Å²) in [4.78, 5) is 14.7. The summed E-state index contributed by atoms with van der Waals surface area (Å²) in [5.74, 6) is 0.0837. The van der Waals surface area contributed by atoms with Crippen LogP contribution in [0.25, 0.3) is 0 Å². The number of carbonyl (C=O) groups is 1. The molecule has 9 heteroatoms. The first-order chi connectivity index (χ1) is 11.8. The Balaban J connectivity index is 0.00000243. The van der Waals surface area contributed by atoms with Gasteiger partial charge in [-0.3, -0.25) is 4.79 Å². The quantitative estimate of drug-likeness (QED) is 0.827. The highest BCUT2D eigenvalue weighted by molar-refractivity contribution is 7.89. The molecule has 0 aliphatic carbocycles. The number of hydrogen-bond donors (Lipinski definition) is 1. The third kappa shape index (κ3) is 3.93. The van der Waals surface area contributed by atoms with Gasteiger partial charge >= 0.3 is 0 Å². The molecule has 2 fully saturated rings. The number of aryl methyl sites for hydroxylation is 1. The summed E-state index contributed by atoms with van der Waals surface area (Å²) in [6.07, 6.45) is 4.56. The number of amides is 1. The molecule has 2 unspecified atom stereocenters. The lowest BCUT2D eigenvalue weighted by Gasteiger charge is -2.37. The highest BCUT2D eigenvalue weighted by atomic mass is 35.5. The van der Waals surface area contributed by atoms with E-state index in [1.54, 1.807) is 11.8 Å². The molecule has 2 aliphatic heterocycles. The number of carbonyl (C=O) groups excluding carboxylic acids is 1. The van der Waals surface area contributed by atoms with Crippen LogP contribution in [-0.2, 0) is 10.0 Å². The summed E-state index contributed by atoms with van der Waals surface area (Å²) in [5.41, 5.74) is 6.03. The van der Waals surface area contributed by atoms with E-state index in [1.165, 1.54) is 10.4 Å². The van der Waals surface area contributed by atoms with Crippen molar-refractivity contribution in [3.8, 4) is 0 Å². The maximum atomic E-state index is 12.9. The van der Waals surface area contributed by atoms with Crippen molar-refractivity contribution < 1.29 is 17.6 Å². The van der Waals surface area contributed by atoms with Gasteiger partial charge in [0.05, 0.1) is 0 Å². The number of halogens is 1. The molecule has 2 N–H and O–H groups in total. The zero-order valence-electron chi connectivity index (χ0n) is 15.3. The molecular formula is C17H28ClN3O4S. The number of nitrogens with zero attached hydrogens (tertiary/aromatic N) is 2. The van der Waals surface area contributed by atoms with Gasteiger partial charge in [-0.05, 0) is 46.0 Å². The Bertz CT molecular complexity index is 741. The number of hydrogen-bond acceptors (Lipinski definition) is 5. The van der Waals surface area contributed by atoms with Crippen molar-refractivity contribution in [1.82, 2.24) is 9.21 Å². The Morgan fingerprint density at radius 3 is 2.46 bits per heavy atom. The Kier molecular flexibility index (Phi) is 6.76. The maximum absolute atomic E-state index is 12.9. The Morgan fingerprint density at radius 1 is 1.23 bits per heavy atom. The van der Waals surface area contributed by atoms with Crippen LogP contribution in [0.3, 0.4) is 0 Å². The van der Waals surface area contributed by atoms with E-state index in [0.29, 0.717) is 19.6 Å². The van der Waals surface area contributed by atoms with Gasteiger partial charge in [0.25, 0.3) is 5.91 Å². The maximum Gasteiger partial charge on any atom is 0.289 e. The van der Waals surface area contributed by atoms with E-state index in [-0.39, 0.29) is 46.8 Å². The van der Waals surface area contributed by atoms with Crippen LogP contribution in [-0.4, -0.2) is 55.2 Å². The van der Waals surface area contributed by atoms with Crippen molar-refractivity contribution in [2.24, 2.45) is 5.73 Å². The van der Waals surface area contributed by atoms with Crippen molar-refractivity contribution in [2.75, 3.05) is 19.6 Å². The molecule has 148 valence electrons. The predicted molar refractivity (Wildman–Crippen MR) is 101 cm³/mol. The molecule has 0 saturated carbocycles. The predicted octanol–water partition coefficient (Wildman–Crippen LogP) is 2.14. The van der Waals surface area contributed by atoms with Crippen LogP contribution in [0.4, 0.5) is 0 Å². The molecule has 0 aromatic carbocycles. The second kappa shape index (κ2) is 8.29. The van der Waals surface area contributed by atoms with Crippen LogP contribution in [0.15, 0.2) is 15.4 Å². The monoisotopic (exact) mass is 405 g/mol. The van der Waals surface area contributed by atoms with Gasteiger partial charge in [-0.15, -0.1) is 12.4 Å². The zero-order chi connectivity index (χ0) is 18.2. The fourth-order valence-corrected chi connectivity index (χ4v) is 5.47. The normalized spacial score (nSPS) is 22.9. The number of likely N-dealkylation sites (tertiary alicyclic amines) is 1. The number of rotatable bonds is 4. The zero-order valence-corrected chi connectivity index (χ0v) is 16.9. The van der Waals surface area contributed by atoms with E-state index >= 15 is 0 Å². The van der Waals surface area contributed by atoms with Crippen LogP contribution in [0.5, 0.6) is 0 Å². The molecule has 3 rings (SSSR count). The van der Waals surface area contributed by atoms with E-state index in [4.69, 9.17) is 10.2 Å². The van der Waals surface area contributed by atoms with Gasteiger partial charge in [-0.25, -0.2) is 8.42 Å². The van der Waals surface area contributed by atoms with E-state index in [2.05, 4.69) is 0 Å². The minimum atomic E-state index is -3.60. The molecule has 2 aliphatic rings. The SMILES string of the molecule is Cc1oc(C(=O)N2CCCCC2C(C)N)cc1S(=O)(=O)N1CCCC1.Cl. The van der Waals surface area contributed by atoms with E-state index in [9.17, 15) is 13.2 Å². The third-order valence-corrected chi connectivity index (χ3v) is 7.19. The van der Waals surface area contributed by atoms with Crippen molar-refractivity contribution in [1.29, 1.82) is 0 Å². The summed E-state index contributed by atoms with van der Waals surface area (Å²) < 4.78 is 32.6. The highest BCUT2D eigenvalue weighted by Gasteiger charge is 2.35. The number of furan rings is 1. The molecule has 1 amide bonds. The Labute approximate surface area is 161 Å². The molecule has 1 aromatic rings. The lowest BCUT2D eigenvalue weighted by atomic mass is 9.96. The van der Waals surface area contributed by atoms with Crippen molar-refractivity contribution >= 4 is 28.3 Å². The number of piperidine rings is 1. The molecule has 2 saturated heterocycles. The summed E-state index contributed by atoms with van der Waals surface area (Å²) in [6, 6.07) is 1.22. The molecule has 0 spiro atoms. The Morgan fingerprint density at radius 2 is 1.85 bits per heavy atom. The summed E-state index contributed by atoms with van der Waals surface area (Å²) in [5, 5.41) is 0. The van der Waals surface area contributed by atoms with Crippen LogP contribution in [0.1, 0.15) is 55.3 Å². The summed E-state index contributed by atoms with van der Waals surface area (Å²) in [7, 11) is -3.60. The van der Waals surface area contributed by atoms with Crippen molar-refractivity contribution in [3.63, 3.8) is 0 Å². The van der Waals surface area contributed by atoms with Gasteiger partial charge < -0.3 is 15.1 Å². The molecule has 7 nitrogen and oxygen atoms in total. The topological polar surface area (TPSA) is 96.8 Å². The lowest BCUT2D eigenvalue weighted by molar-refractivity contribution is 0.0550. The first-order valence-corrected chi connectivity index (χ1v) is 10.4. The first-order valence-electron chi connectivity index (χ1n) is 8.99. The average molecular weight is 406 g/mol. The second-order valence-electron chi connectivity index (χ2n) is 7.06. The van der Waals surface area contributed by atoms with Gasteiger partial charge in [0, 0.05) is 37.8 Å². The van der Waals surface area contributed by atoms with Crippen LogP contribution in [0, 0.1) is 6.92 Å². The largest absolute Gasteiger partial charge is 0.455 e. The molecule has 26 heavy (non-hydrogen) atoms.